The van der Waals surface area contributed by atoms with Crippen molar-refractivity contribution in [3.05, 3.63) is 48.6 Å². The molecular formula is C49H87NO7. The summed E-state index contributed by atoms with van der Waals surface area (Å²) in [6.45, 7) is 4.52. The van der Waals surface area contributed by atoms with Crippen LogP contribution in [0.2, 0.25) is 0 Å². The van der Waals surface area contributed by atoms with Crippen LogP contribution in [-0.2, 0) is 28.6 Å². The summed E-state index contributed by atoms with van der Waals surface area (Å²) < 4.78 is 17.2. The van der Waals surface area contributed by atoms with Crippen molar-refractivity contribution >= 4 is 17.9 Å². The zero-order valence-corrected chi connectivity index (χ0v) is 37.5. The lowest BCUT2D eigenvalue weighted by atomic mass is 10.1. The summed E-state index contributed by atoms with van der Waals surface area (Å²) in [6, 6.07) is -0.730. The van der Waals surface area contributed by atoms with E-state index < -0.39 is 18.1 Å². The average molecular weight is 802 g/mol. The van der Waals surface area contributed by atoms with Crippen LogP contribution in [0.25, 0.3) is 0 Å². The van der Waals surface area contributed by atoms with Crippen LogP contribution in [-0.4, -0.2) is 75.5 Å². The number of carbonyl (C=O) groups is 3. The molecule has 2 atom stereocenters. The molecule has 0 N–H and O–H groups in total. The van der Waals surface area contributed by atoms with Crippen LogP contribution < -0.4 is 5.11 Å². The number of aliphatic carboxylic acids is 1. The third-order valence-corrected chi connectivity index (χ3v) is 10.3. The molecule has 0 aliphatic carbocycles. The molecule has 0 amide bonds. The zero-order valence-electron chi connectivity index (χ0n) is 37.5. The van der Waals surface area contributed by atoms with Gasteiger partial charge in [0, 0.05) is 19.3 Å². The molecule has 57 heavy (non-hydrogen) atoms. The van der Waals surface area contributed by atoms with E-state index in [-0.39, 0.29) is 42.7 Å². The fourth-order valence-corrected chi connectivity index (χ4v) is 6.65. The van der Waals surface area contributed by atoms with Crippen molar-refractivity contribution in [1.82, 2.24) is 0 Å². The van der Waals surface area contributed by atoms with Gasteiger partial charge in [-0.25, -0.2) is 0 Å². The van der Waals surface area contributed by atoms with Crippen molar-refractivity contribution in [2.45, 2.75) is 206 Å². The molecule has 0 aliphatic heterocycles. The number of allylic oxidation sites excluding steroid dienone is 8. The molecule has 0 heterocycles. The first kappa shape index (κ1) is 54.3. The lowest BCUT2D eigenvalue weighted by Crippen LogP contribution is -2.55. The van der Waals surface area contributed by atoms with Crippen molar-refractivity contribution in [2.24, 2.45) is 0 Å². The fraction of sp³-hybridized carbons (Fsp3) is 0.776. The van der Waals surface area contributed by atoms with Gasteiger partial charge in [-0.2, -0.15) is 0 Å². The summed E-state index contributed by atoms with van der Waals surface area (Å²) >= 11 is 0. The molecule has 8 nitrogen and oxygen atoms in total. The lowest BCUT2D eigenvalue weighted by molar-refractivity contribution is -0.889. The van der Waals surface area contributed by atoms with Gasteiger partial charge in [0.05, 0.1) is 40.3 Å². The molecule has 0 saturated carbocycles. The van der Waals surface area contributed by atoms with Gasteiger partial charge in [0.15, 0.2) is 6.10 Å². The number of esters is 2. The molecule has 0 fully saturated rings. The van der Waals surface area contributed by atoms with Crippen molar-refractivity contribution in [3.8, 4) is 0 Å². The number of ether oxygens (including phenoxy) is 3. The molecular weight excluding hydrogens is 715 g/mol. The first-order chi connectivity index (χ1) is 27.6. The highest BCUT2D eigenvalue weighted by molar-refractivity contribution is 5.70. The number of quaternary nitrogens is 1. The smallest absolute Gasteiger partial charge is 0.306 e. The Hall–Kier alpha value is -2.71. The number of carboxylic acids is 1. The second kappa shape index (κ2) is 40.1. The number of rotatable bonds is 41. The van der Waals surface area contributed by atoms with Gasteiger partial charge in [0.2, 0.25) is 0 Å². The minimum atomic E-state index is -1.13. The second-order valence-electron chi connectivity index (χ2n) is 16.7. The topological polar surface area (TPSA) is 102 Å². The minimum absolute atomic E-state index is 0.0327. The van der Waals surface area contributed by atoms with Gasteiger partial charge in [0.25, 0.3) is 0 Å². The van der Waals surface area contributed by atoms with Gasteiger partial charge in [-0.05, 0) is 57.8 Å². The molecule has 0 aliphatic rings. The monoisotopic (exact) mass is 802 g/mol. The number of hydrogen-bond donors (Lipinski definition) is 0. The molecule has 8 heteroatoms. The Morgan fingerprint density at radius 2 is 1.00 bits per heavy atom. The maximum Gasteiger partial charge on any atom is 0.306 e. The van der Waals surface area contributed by atoms with E-state index >= 15 is 0 Å². The summed E-state index contributed by atoms with van der Waals surface area (Å²) in [5.74, 6) is -1.76. The zero-order chi connectivity index (χ0) is 42.1. The van der Waals surface area contributed by atoms with E-state index in [4.69, 9.17) is 14.2 Å². The van der Waals surface area contributed by atoms with Crippen LogP contribution in [0.5, 0.6) is 0 Å². The normalized spacial score (nSPS) is 13.4. The second-order valence-corrected chi connectivity index (χ2v) is 16.7. The van der Waals surface area contributed by atoms with E-state index in [0.29, 0.717) is 12.8 Å². The van der Waals surface area contributed by atoms with Gasteiger partial charge in [-0.1, -0.05) is 165 Å². The van der Waals surface area contributed by atoms with Crippen molar-refractivity contribution < 1.29 is 38.2 Å². The van der Waals surface area contributed by atoms with Crippen LogP contribution >= 0.6 is 0 Å². The van der Waals surface area contributed by atoms with E-state index in [2.05, 4.69) is 62.5 Å². The number of hydrogen-bond acceptors (Lipinski definition) is 7. The SMILES string of the molecule is CC/C=C/C=C/C=C/CCCCCCCCCC(=O)OC(COCCC(C(=O)[O-])[N+](C)(C)C)COC(=O)CCCCCCC/C=C/CCCCCCCCCCC. The summed E-state index contributed by atoms with van der Waals surface area (Å²) in [7, 11) is 5.40. The van der Waals surface area contributed by atoms with Crippen LogP contribution in [0.4, 0.5) is 0 Å². The number of carbonyl (C=O) groups excluding carboxylic acids is 3. The molecule has 0 bridgehead atoms. The van der Waals surface area contributed by atoms with E-state index in [1.165, 1.54) is 89.9 Å². The molecule has 0 spiro atoms. The number of likely N-dealkylation sites (N-methyl/N-ethyl adjacent to an activating group) is 1. The van der Waals surface area contributed by atoms with Gasteiger partial charge < -0.3 is 28.6 Å². The van der Waals surface area contributed by atoms with Crippen LogP contribution in [0.1, 0.15) is 194 Å². The highest BCUT2D eigenvalue weighted by atomic mass is 16.6. The third kappa shape index (κ3) is 38.6. The van der Waals surface area contributed by atoms with Gasteiger partial charge in [0.1, 0.15) is 12.6 Å². The first-order valence-electron chi connectivity index (χ1n) is 23.2. The highest BCUT2D eigenvalue weighted by Gasteiger charge is 2.25. The summed E-state index contributed by atoms with van der Waals surface area (Å²) in [5, 5.41) is 11.6. The molecule has 0 radical (unpaired) electrons. The Balaban J connectivity index is 4.32. The summed E-state index contributed by atoms with van der Waals surface area (Å²) in [5.41, 5.74) is 0. The Bertz CT molecular complexity index is 1070. The van der Waals surface area contributed by atoms with Gasteiger partial charge in [-0.3, -0.25) is 9.59 Å². The highest BCUT2D eigenvalue weighted by Crippen LogP contribution is 2.14. The van der Waals surface area contributed by atoms with E-state index in [1.807, 2.05) is 0 Å². The Morgan fingerprint density at radius 1 is 0.544 bits per heavy atom. The van der Waals surface area contributed by atoms with Crippen molar-refractivity contribution in [2.75, 3.05) is 41.0 Å². The first-order valence-corrected chi connectivity index (χ1v) is 23.2. The summed E-state index contributed by atoms with van der Waals surface area (Å²) in [4.78, 5) is 36.9. The maximum atomic E-state index is 12.7. The predicted octanol–water partition coefficient (Wildman–Crippen LogP) is 11.5. The van der Waals surface area contributed by atoms with Crippen LogP contribution in [0.3, 0.4) is 0 Å². The van der Waals surface area contributed by atoms with Crippen LogP contribution in [0.15, 0.2) is 48.6 Å². The molecule has 0 rings (SSSR count). The Morgan fingerprint density at radius 3 is 1.49 bits per heavy atom. The Kier molecular flexibility index (Phi) is 38.2. The standard InChI is InChI=1S/C49H87NO7/c1-6-8-10-12-14-16-18-20-22-23-24-26-27-29-31-33-35-37-39-47(51)56-44-45(43-55-42-41-46(49(53)54)50(3,4)5)57-48(52)40-38-36-34-32-30-28-25-21-19-17-15-13-11-9-7-2/h9,11,13,15,17,19,24,26,45-46H,6-8,10,12,14,16,18,20-23,25,27-44H2,1-5H3/b11-9+,15-13+,19-17+,26-24+. The molecule has 0 saturated heterocycles. The molecule has 0 aromatic carbocycles. The quantitative estimate of drug-likeness (QED) is 0.0199. The summed E-state index contributed by atoms with van der Waals surface area (Å²) in [6.07, 6.45) is 47.0. The number of unbranched alkanes of at least 4 members (excludes halogenated alkanes) is 21. The van der Waals surface area contributed by atoms with Crippen LogP contribution in [0, 0.1) is 0 Å². The fourth-order valence-electron chi connectivity index (χ4n) is 6.65. The third-order valence-electron chi connectivity index (χ3n) is 10.3. The largest absolute Gasteiger partial charge is 0.544 e. The Labute approximate surface area is 350 Å². The maximum absolute atomic E-state index is 12.7. The van der Waals surface area contributed by atoms with Gasteiger partial charge in [-0.15, -0.1) is 0 Å². The van der Waals surface area contributed by atoms with Crippen molar-refractivity contribution in [1.29, 1.82) is 0 Å². The predicted molar refractivity (Wildman–Crippen MR) is 236 cm³/mol. The van der Waals surface area contributed by atoms with Crippen molar-refractivity contribution in [3.63, 3.8) is 0 Å². The lowest BCUT2D eigenvalue weighted by Gasteiger charge is -2.34. The van der Waals surface area contributed by atoms with E-state index in [1.54, 1.807) is 21.1 Å². The number of nitrogens with zero attached hydrogens (tertiary/aromatic N) is 1. The molecule has 330 valence electrons. The van der Waals surface area contributed by atoms with E-state index in [0.717, 1.165) is 70.6 Å². The number of carboxylic acid groups (broad SMARTS) is 1. The molecule has 2 unspecified atom stereocenters. The average Bonchev–Trinajstić information content (AvgIpc) is 3.17. The molecule has 0 aromatic heterocycles. The minimum Gasteiger partial charge on any atom is -0.544 e. The molecule has 0 aromatic rings. The van der Waals surface area contributed by atoms with E-state index in [9.17, 15) is 19.5 Å². The van der Waals surface area contributed by atoms with Gasteiger partial charge >= 0.3 is 11.9 Å².